The van der Waals surface area contributed by atoms with Crippen molar-refractivity contribution in [3.63, 3.8) is 0 Å². The number of methoxy groups -OCH3 is 1. The molecule has 0 radical (unpaired) electrons. The summed E-state index contributed by atoms with van der Waals surface area (Å²) in [5.74, 6) is 0.751. The maximum absolute atomic E-state index is 5.65. The fourth-order valence-electron chi connectivity index (χ4n) is 1.25. The van der Waals surface area contributed by atoms with Crippen molar-refractivity contribution >= 4 is 79.1 Å². The second kappa shape index (κ2) is 10.3. The van der Waals surface area contributed by atoms with Gasteiger partial charge in [0.1, 0.15) is 5.75 Å². The lowest BCUT2D eigenvalue weighted by atomic mass is 10.3. The Hall–Kier alpha value is 0.450. The van der Waals surface area contributed by atoms with E-state index in [0.717, 1.165) is 37.5 Å². The molecule has 0 heterocycles. The molecule has 0 saturated carbocycles. The molecule has 0 aromatic heterocycles. The van der Waals surface area contributed by atoms with E-state index in [-0.39, 0.29) is 0 Å². The van der Waals surface area contributed by atoms with Crippen molar-refractivity contribution in [3.8, 4) is 5.75 Å². The van der Waals surface area contributed by atoms with Gasteiger partial charge in [-0.2, -0.15) is 0 Å². The Kier molecular flexibility index (Phi) is 9.53. The molecule has 0 bridgehead atoms. The summed E-state index contributed by atoms with van der Waals surface area (Å²) in [5.41, 5.74) is 0. The maximum atomic E-state index is 5.65. The molecule has 8 heteroatoms. The van der Waals surface area contributed by atoms with Gasteiger partial charge in [-0.3, -0.25) is 0 Å². The molecule has 0 aliphatic heterocycles. The summed E-state index contributed by atoms with van der Waals surface area (Å²) < 4.78 is 5.10. The Morgan fingerprint density at radius 3 is 2.19 bits per heavy atom. The summed E-state index contributed by atoms with van der Waals surface area (Å²) in [6.07, 6.45) is 0. The minimum absolute atomic E-state index is 0.628. The normalized spacial score (nSPS) is 9.81. The minimum Gasteiger partial charge on any atom is -0.496 e. The van der Waals surface area contributed by atoms with E-state index in [1.165, 1.54) is 0 Å². The summed E-state index contributed by atoms with van der Waals surface area (Å²) in [6, 6.07) is 10.8. The standard InChI is InChI=1S/C7H6Cl2OS2.C6H4Cl2S/c1-10-6-4-5(11-8)2-3-7(6)12-9;7-4-1-2-5(8)6(9)3-4/h2-4H,1H3;1-3,9H. The average Bonchev–Trinajstić information content (AvgIpc) is 2.51. The van der Waals surface area contributed by atoms with E-state index in [2.05, 4.69) is 12.6 Å². The molecule has 0 spiro atoms. The molecule has 2 rings (SSSR count). The average molecular weight is 420 g/mol. The van der Waals surface area contributed by atoms with E-state index >= 15 is 0 Å². The van der Waals surface area contributed by atoms with E-state index in [1.807, 2.05) is 18.2 Å². The van der Waals surface area contributed by atoms with Gasteiger partial charge in [0, 0.05) is 14.8 Å². The number of hydrogen-bond acceptors (Lipinski definition) is 4. The molecule has 21 heavy (non-hydrogen) atoms. The van der Waals surface area contributed by atoms with Gasteiger partial charge in [-0.1, -0.05) is 23.2 Å². The number of thiol groups is 1. The lowest BCUT2D eigenvalue weighted by molar-refractivity contribution is 0.404. The van der Waals surface area contributed by atoms with E-state index in [9.17, 15) is 0 Å². The van der Waals surface area contributed by atoms with E-state index in [4.69, 9.17) is 49.3 Å². The molecule has 0 unspecified atom stereocenters. The summed E-state index contributed by atoms with van der Waals surface area (Å²) in [4.78, 5) is 2.56. The zero-order valence-electron chi connectivity index (χ0n) is 10.6. The second-order valence-electron chi connectivity index (χ2n) is 3.56. The predicted molar refractivity (Wildman–Crippen MR) is 100 cm³/mol. The van der Waals surface area contributed by atoms with Crippen molar-refractivity contribution in [2.75, 3.05) is 7.11 Å². The first kappa shape index (κ1) is 19.5. The third-order valence-corrected chi connectivity index (χ3v) is 5.25. The Balaban J connectivity index is 0.000000219. The van der Waals surface area contributed by atoms with Crippen LogP contribution in [0.15, 0.2) is 51.1 Å². The van der Waals surface area contributed by atoms with Gasteiger partial charge >= 0.3 is 0 Å². The fourth-order valence-corrected chi connectivity index (χ4v) is 3.10. The highest BCUT2D eigenvalue weighted by Gasteiger charge is 2.03. The molecular formula is C13H10Cl4OS3. The van der Waals surface area contributed by atoms with Crippen molar-refractivity contribution in [2.45, 2.75) is 14.7 Å². The third-order valence-electron chi connectivity index (χ3n) is 2.22. The third kappa shape index (κ3) is 6.61. The van der Waals surface area contributed by atoms with Crippen molar-refractivity contribution in [1.29, 1.82) is 0 Å². The molecule has 0 amide bonds. The van der Waals surface area contributed by atoms with Crippen LogP contribution in [0.4, 0.5) is 0 Å². The zero-order valence-corrected chi connectivity index (χ0v) is 16.2. The number of benzene rings is 2. The first-order valence-corrected chi connectivity index (χ1v) is 9.90. The predicted octanol–water partition coefficient (Wildman–Crippen LogP) is 7.47. The largest absolute Gasteiger partial charge is 0.496 e. The molecule has 0 atom stereocenters. The van der Waals surface area contributed by atoms with Gasteiger partial charge in [-0.05, 0) is 79.7 Å². The lowest BCUT2D eigenvalue weighted by Crippen LogP contribution is -1.84. The molecule has 0 N–H and O–H groups in total. The van der Waals surface area contributed by atoms with E-state index in [0.29, 0.717) is 14.9 Å². The van der Waals surface area contributed by atoms with Crippen LogP contribution in [0, 0.1) is 0 Å². The number of halogens is 4. The van der Waals surface area contributed by atoms with Gasteiger partial charge in [-0.15, -0.1) is 12.6 Å². The summed E-state index contributed by atoms with van der Waals surface area (Å²) in [6.45, 7) is 0. The van der Waals surface area contributed by atoms with Crippen LogP contribution in [-0.4, -0.2) is 7.11 Å². The van der Waals surface area contributed by atoms with Crippen molar-refractivity contribution in [1.82, 2.24) is 0 Å². The number of hydrogen-bond donors (Lipinski definition) is 1. The molecular weight excluding hydrogens is 410 g/mol. The first-order chi connectivity index (χ1) is 10.0. The smallest absolute Gasteiger partial charge is 0.134 e. The Morgan fingerprint density at radius 2 is 1.71 bits per heavy atom. The number of rotatable bonds is 3. The van der Waals surface area contributed by atoms with Crippen LogP contribution in [0.5, 0.6) is 5.75 Å². The summed E-state index contributed by atoms with van der Waals surface area (Å²) in [7, 11) is 15.1. The molecule has 0 aliphatic carbocycles. The summed E-state index contributed by atoms with van der Waals surface area (Å²) in [5, 5.41) is 1.28. The van der Waals surface area contributed by atoms with Gasteiger partial charge in [-0.25, -0.2) is 0 Å². The van der Waals surface area contributed by atoms with Crippen LogP contribution < -0.4 is 4.74 Å². The minimum atomic E-state index is 0.628. The highest BCUT2D eigenvalue weighted by molar-refractivity contribution is 8.21. The maximum Gasteiger partial charge on any atom is 0.134 e. The van der Waals surface area contributed by atoms with Gasteiger partial charge in [0.25, 0.3) is 0 Å². The first-order valence-electron chi connectivity index (χ1n) is 5.41. The molecule has 0 fully saturated rings. The van der Waals surface area contributed by atoms with Crippen LogP contribution in [-0.2, 0) is 0 Å². The highest BCUT2D eigenvalue weighted by atomic mass is 35.7. The van der Waals surface area contributed by atoms with Crippen LogP contribution in [0.1, 0.15) is 0 Å². The highest BCUT2D eigenvalue weighted by Crippen LogP contribution is 2.35. The molecule has 1 nitrogen and oxygen atoms in total. The SMILES string of the molecule is COc1cc(SCl)ccc1SCl.Sc1cc(Cl)ccc1Cl. The van der Waals surface area contributed by atoms with Gasteiger partial charge in [0.05, 0.1) is 17.0 Å². The molecule has 2 aromatic carbocycles. The Bertz CT molecular complexity index is 596. The van der Waals surface area contributed by atoms with Gasteiger partial charge < -0.3 is 4.74 Å². The van der Waals surface area contributed by atoms with Crippen LogP contribution >= 0.6 is 79.1 Å². The van der Waals surface area contributed by atoms with Crippen LogP contribution in [0.25, 0.3) is 0 Å². The molecule has 0 saturated heterocycles. The lowest BCUT2D eigenvalue weighted by Gasteiger charge is -2.05. The van der Waals surface area contributed by atoms with Crippen molar-refractivity contribution < 1.29 is 4.74 Å². The van der Waals surface area contributed by atoms with Gasteiger partial charge in [0.2, 0.25) is 0 Å². The van der Waals surface area contributed by atoms with Crippen molar-refractivity contribution in [3.05, 3.63) is 46.4 Å². The Labute approximate surface area is 157 Å². The van der Waals surface area contributed by atoms with Crippen molar-refractivity contribution in [2.24, 2.45) is 0 Å². The molecule has 0 aliphatic rings. The Morgan fingerprint density at radius 1 is 1.00 bits per heavy atom. The van der Waals surface area contributed by atoms with Gasteiger partial charge in [0.15, 0.2) is 0 Å². The fraction of sp³-hybridized carbons (Fsp3) is 0.0769. The van der Waals surface area contributed by atoms with E-state index in [1.54, 1.807) is 25.3 Å². The molecule has 2 aromatic rings. The monoisotopic (exact) mass is 418 g/mol. The summed E-state index contributed by atoms with van der Waals surface area (Å²) >= 11 is 15.3. The zero-order chi connectivity index (χ0) is 15.8. The number of ether oxygens (including phenoxy) is 1. The van der Waals surface area contributed by atoms with Crippen LogP contribution in [0.2, 0.25) is 10.0 Å². The van der Waals surface area contributed by atoms with Crippen LogP contribution in [0.3, 0.4) is 0 Å². The molecule has 114 valence electrons. The quantitative estimate of drug-likeness (QED) is 0.517. The van der Waals surface area contributed by atoms with E-state index < -0.39 is 0 Å². The second-order valence-corrected chi connectivity index (χ2v) is 7.03. The topological polar surface area (TPSA) is 9.23 Å².